The third kappa shape index (κ3) is 31.6. The number of rotatable bonds is 35. The van der Waals surface area contributed by atoms with Crippen LogP contribution in [0.3, 0.4) is 0 Å². The number of hydrogen-bond acceptors (Lipinski definition) is 26. The number of carbonyl (C=O) groups excluding carboxylic acids is 12. The second kappa shape index (κ2) is 56.3. The molecule has 1 fully saturated rings. The molecular weight excluding hydrogens is 1910 g/mol. The number of esters is 6. The van der Waals surface area contributed by atoms with Crippen molar-refractivity contribution in [3.63, 3.8) is 0 Å². The van der Waals surface area contributed by atoms with Gasteiger partial charge in [0.25, 0.3) is 34.7 Å². The summed E-state index contributed by atoms with van der Waals surface area (Å²) in [5.41, 5.74) is 30.3. The summed E-state index contributed by atoms with van der Waals surface area (Å²) in [5, 5.41) is 9.57. The Hall–Kier alpha value is -16.0. The third-order valence-corrected chi connectivity index (χ3v) is 26.3. The molecule has 0 atom stereocenters. The number of aliphatic hydroxyl groups excluding tert-OH is 1. The predicted molar refractivity (Wildman–Crippen MR) is 575 cm³/mol. The van der Waals surface area contributed by atoms with Crippen molar-refractivity contribution in [3.05, 3.63) is 377 Å². The van der Waals surface area contributed by atoms with Gasteiger partial charge in [0.05, 0.1) is 55.9 Å². The van der Waals surface area contributed by atoms with Crippen molar-refractivity contribution in [2.75, 3.05) is 49.3 Å². The van der Waals surface area contributed by atoms with Gasteiger partial charge in [-0.2, -0.15) is 0 Å². The number of benzene rings is 12. The molecule has 0 saturated heterocycles. The van der Waals surface area contributed by atoms with Crippen LogP contribution >= 0.6 is 0 Å². The normalized spacial score (nSPS) is 10.9. The molecule has 13 rings (SSSR count). The summed E-state index contributed by atoms with van der Waals surface area (Å²) in [4.78, 5) is 144. The summed E-state index contributed by atoms with van der Waals surface area (Å²) in [5.74, 6) is -3.83. The van der Waals surface area contributed by atoms with E-state index in [1.54, 1.807) is 72.8 Å². The zero-order valence-corrected chi connectivity index (χ0v) is 91.3. The number of methoxy groups -OCH3 is 6. The Morgan fingerprint density at radius 3 is 0.700 bits per heavy atom. The first-order valence-electron chi connectivity index (χ1n) is 49.1. The molecule has 0 radical (unpaired) electrons. The quantitative estimate of drug-likeness (QED) is 0.0167. The topological polar surface area (TPSA) is 345 Å². The smallest absolute Gasteiger partial charge is 0.379 e. The molecule has 0 heterocycles. The van der Waals surface area contributed by atoms with Crippen molar-refractivity contribution in [2.24, 2.45) is 0 Å². The molecule has 0 spiro atoms. The summed E-state index contributed by atoms with van der Waals surface area (Å²) in [6, 6.07) is 55.6. The van der Waals surface area contributed by atoms with Crippen LogP contribution in [0.25, 0.3) is 0 Å². The van der Waals surface area contributed by atoms with Gasteiger partial charge < -0.3 is 66.7 Å². The van der Waals surface area contributed by atoms with E-state index in [-0.39, 0.29) is 57.4 Å². The monoisotopic (exact) mass is 2040 g/mol. The molecule has 150 heavy (non-hydrogen) atoms. The van der Waals surface area contributed by atoms with E-state index in [1.165, 1.54) is 75.0 Å². The maximum absolute atomic E-state index is 12.4. The largest absolute Gasteiger partial charge is 0.493 e. The second-order valence-corrected chi connectivity index (χ2v) is 36.8. The minimum atomic E-state index is -0.946. The minimum absolute atomic E-state index is 0.0676. The molecule has 0 aromatic heterocycles. The molecular formula is C124H138O26. The first kappa shape index (κ1) is 119. The fraction of sp³-hybridized carbons (Fsp3) is 0.323. The fourth-order valence-electron chi connectivity index (χ4n) is 16.4. The Kier molecular flexibility index (Phi) is 44.7. The van der Waals surface area contributed by atoms with Gasteiger partial charge in [0.2, 0.25) is 0 Å². The highest BCUT2D eigenvalue weighted by Gasteiger charge is 2.33. The Balaban J connectivity index is 0.000000219. The summed E-state index contributed by atoms with van der Waals surface area (Å²) in [6.45, 7) is 45.3. The third-order valence-electron chi connectivity index (χ3n) is 26.3. The highest BCUT2D eigenvalue weighted by atomic mass is 16.6. The van der Waals surface area contributed by atoms with Crippen LogP contribution in [-0.2, 0) is 110 Å². The summed E-state index contributed by atoms with van der Waals surface area (Å²) in [6.07, 6.45) is 2.95. The number of ketones is 6. The number of hydrogen-bond donors (Lipinski definition) is 1. The van der Waals surface area contributed by atoms with Crippen molar-refractivity contribution in [1.82, 2.24) is 0 Å². The highest BCUT2D eigenvalue weighted by Crippen LogP contribution is 2.44. The van der Waals surface area contributed by atoms with Crippen LogP contribution in [0.4, 0.5) is 0 Å². The van der Waals surface area contributed by atoms with Gasteiger partial charge in [-0.3, -0.25) is 28.8 Å². The van der Waals surface area contributed by atoms with Crippen molar-refractivity contribution in [2.45, 2.75) is 224 Å². The molecule has 1 aliphatic carbocycles. The Morgan fingerprint density at radius 2 is 0.440 bits per heavy atom. The van der Waals surface area contributed by atoms with Crippen LogP contribution in [0.5, 0.6) is 40.2 Å². The average molecular weight is 2040 g/mol. The predicted octanol–water partition coefficient (Wildman–Crippen LogP) is 23.2. The van der Waals surface area contributed by atoms with E-state index in [9.17, 15) is 62.6 Å². The number of Topliss-reactive ketones (excluding diaryl/α,β-unsaturated/α-hetero) is 6. The van der Waals surface area contributed by atoms with Crippen LogP contribution in [0.1, 0.15) is 256 Å². The van der Waals surface area contributed by atoms with E-state index in [0.717, 1.165) is 155 Å². The van der Waals surface area contributed by atoms with Crippen LogP contribution in [0.15, 0.2) is 182 Å². The van der Waals surface area contributed by atoms with Crippen molar-refractivity contribution in [1.29, 1.82) is 0 Å². The molecule has 0 amide bonds. The van der Waals surface area contributed by atoms with Crippen LogP contribution in [0.2, 0.25) is 0 Å². The molecule has 12 aromatic rings. The molecule has 0 aliphatic heterocycles. The van der Waals surface area contributed by atoms with Gasteiger partial charge in [-0.15, -0.1) is 0 Å². The van der Waals surface area contributed by atoms with E-state index >= 15 is 0 Å². The lowest BCUT2D eigenvalue weighted by Crippen LogP contribution is -2.19. The number of aliphatic hydroxyl groups is 1. The maximum atomic E-state index is 12.4. The van der Waals surface area contributed by atoms with Gasteiger partial charge in [-0.05, 0) is 341 Å². The Labute approximate surface area is 879 Å². The number of carbonyl (C=O) groups is 12. The molecule has 1 saturated carbocycles. The zero-order valence-electron chi connectivity index (χ0n) is 91.3. The highest BCUT2D eigenvalue weighted by molar-refractivity contribution is 6.43. The summed E-state index contributed by atoms with van der Waals surface area (Å²) < 4.78 is 68.8. The Morgan fingerprint density at radius 1 is 0.227 bits per heavy atom. The Bertz CT molecular complexity index is 6750. The van der Waals surface area contributed by atoms with Gasteiger partial charge in [-0.25, -0.2) is 28.8 Å². The van der Waals surface area contributed by atoms with Gasteiger partial charge in [0, 0.05) is 66.8 Å². The first-order chi connectivity index (χ1) is 71.3. The molecule has 26 nitrogen and oxygen atoms in total. The van der Waals surface area contributed by atoms with Gasteiger partial charge in [0.1, 0.15) is 79.9 Å². The number of aryl methyl sites for hydroxylation is 21. The minimum Gasteiger partial charge on any atom is -0.493 e. The fourth-order valence-corrected chi connectivity index (χ4v) is 16.4. The van der Waals surface area contributed by atoms with E-state index < -0.39 is 70.5 Å². The van der Waals surface area contributed by atoms with Gasteiger partial charge >= 0.3 is 35.8 Å². The zero-order chi connectivity index (χ0) is 111. The van der Waals surface area contributed by atoms with E-state index in [4.69, 9.17) is 33.2 Å². The molecule has 26 heteroatoms. The lowest BCUT2D eigenvalue weighted by atomic mass is 9.95. The first-order valence-corrected chi connectivity index (χ1v) is 49.1. The summed E-state index contributed by atoms with van der Waals surface area (Å²) in [7, 11) is 7.17. The molecule has 1 aliphatic rings. The standard InChI is InChI=1S/C22H24O4.C21H24O5.C21H24O4.C20H22O5.2C20H22O4/c1-13-10-15(3)20(11-14(13)2)26-12-19-17(16-8-9-16)6-5-7-18(19)21(23)22(24)25-4;1-6-25-18-9-7-8-16(20(22)21(23)24-5)17(18)12-26-19-11-14(3)13(2)10-15(19)4;1-6-16-8-7-9-17(20(22)21(23)24-5)18(16)12-25-19-11-14(3)13(2)10-15(19)4;1-12-8-14(3)18(9-13(12)2)25-11-17-15(10-21)6-5-7-16(17)19(22)20(23)24-4;2*1-12-7-6-8-16(19(21)20(22)23-5)17(12)11-24-18-10-14(3)13(2)9-15(18)4/h5-7,10-11,16H,8-9,12H2,1-4H3;7-11H,6,12H2,1-5H3;7-11H,6,12H2,1-5H3;5-9,21H,10-11H2,1-4H3;2*6-10H,11H2,1-5H3. The van der Waals surface area contributed by atoms with E-state index in [2.05, 4.69) is 86.4 Å². The van der Waals surface area contributed by atoms with Crippen LogP contribution in [0, 0.1) is 138 Å². The van der Waals surface area contributed by atoms with Gasteiger partial charge in [-0.1, -0.05) is 146 Å². The van der Waals surface area contributed by atoms with E-state index in [0.29, 0.717) is 74.1 Å². The lowest BCUT2D eigenvalue weighted by Gasteiger charge is -2.16. The molecule has 0 unspecified atom stereocenters. The van der Waals surface area contributed by atoms with Crippen molar-refractivity contribution in [3.8, 4) is 40.2 Å². The molecule has 12 aromatic carbocycles. The summed E-state index contributed by atoms with van der Waals surface area (Å²) >= 11 is 0. The molecule has 1 N–H and O–H groups in total. The SMILES string of the molecule is CCOc1cccc(C(=O)C(=O)OC)c1COc1cc(C)c(C)cc1C.CCc1cccc(C(=O)C(=O)OC)c1COc1cc(C)c(C)cc1C.COC(=O)C(=O)c1cccc(C)c1COc1cc(C)c(C)cc1C.COC(=O)C(=O)c1cccc(C)c1COc1cc(C)c(C)cc1C.COC(=O)C(=O)c1cccc(C2CC2)c1COc1cc(C)c(C)cc1C.COC(=O)C(=O)c1cccc(CO)c1COc1cc(C)c(C)cc1C. The van der Waals surface area contributed by atoms with Crippen LogP contribution < -0.4 is 33.2 Å². The number of ether oxygens (including phenoxy) is 13. The maximum Gasteiger partial charge on any atom is 0.379 e. The van der Waals surface area contributed by atoms with E-state index in [1.807, 2.05) is 197 Å². The van der Waals surface area contributed by atoms with Crippen molar-refractivity contribution < 1.29 is 124 Å². The molecule has 790 valence electrons. The van der Waals surface area contributed by atoms with Crippen LogP contribution in [-0.4, -0.2) is 125 Å². The second-order valence-electron chi connectivity index (χ2n) is 36.8. The van der Waals surface area contributed by atoms with Gasteiger partial charge in [0.15, 0.2) is 0 Å². The molecule has 0 bridgehead atoms. The lowest BCUT2D eigenvalue weighted by molar-refractivity contribution is -0.135. The van der Waals surface area contributed by atoms with Crippen molar-refractivity contribution >= 4 is 70.5 Å². The average Bonchev–Trinajstić information content (AvgIpc) is 1.64.